The van der Waals surface area contributed by atoms with E-state index < -0.39 is 23.5 Å². The van der Waals surface area contributed by atoms with Crippen molar-refractivity contribution in [1.82, 2.24) is 15.2 Å². The molecule has 9 heteroatoms. The molecule has 0 saturated carbocycles. The third-order valence-corrected chi connectivity index (χ3v) is 3.44. The summed E-state index contributed by atoms with van der Waals surface area (Å²) in [5.74, 6) is -1.70. The zero-order valence-electron chi connectivity index (χ0n) is 12.4. The number of alkyl halides is 3. The first-order valence-corrected chi connectivity index (χ1v) is 6.95. The molecule has 0 aliphatic rings. The topological polar surface area (TPSA) is 84.7 Å². The predicted octanol–water partition coefficient (Wildman–Crippen LogP) is 3.40. The molecule has 25 heavy (non-hydrogen) atoms. The number of aromatic nitrogens is 3. The number of H-pyrrole nitrogens is 1. The maximum Gasteiger partial charge on any atom is 0.417 e. The van der Waals surface area contributed by atoms with E-state index in [0.717, 1.165) is 12.1 Å². The van der Waals surface area contributed by atoms with E-state index in [4.69, 9.17) is 5.73 Å². The lowest BCUT2D eigenvalue weighted by Crippen LogP contribution is -2.12. The fourth-order valence-corrected chi connectivity index (χ4v) is 2.33. The number of nitrogens with zero attached hydrogens (tertiary/aromatic N) is 2. The highest BCUT2D eigenvalue weighted by molar-refractivity contribution is 5.89. The quantitative estimate of drug-likeness (QED) is 0.710. The van der Waals surface area contributed by atoms with Crippen molar-refractivity contribution in [3.63, 3.8) is 0 Å². The second-order valence-corrected chi connectivity index (χ2v) is 5.14. The van der Waals surface area contributed by atoms with Gasteiger partial charge in [-0.25, -0.2) is 9.37 Å². The second kappa shape index (κ2) is 6.00. The summed E-state index contributed by atoms with van der Waals surface area (Å²) in [6.45, 7) is 0. The summed E-state index contributed by atoms with van der Waals surface area (Å²) < 4.78 is 53.0. The number of primary amides is 1. The number of carbonyl (C=O) groups is 1. The largest absolute Gasteiger partial charge is 0.417 e. The first-order valence-electron chi connectivity index (χ1n) is 6.95. The fourth-order valence-electron chi connectivity index (χ4n) is 2.33. The summed E-state index contributed by atoms with van der Waals surface area (Å²) in [4.78, 5) is 14.9. The van der Waals surface area contributed by atoms with Crippen molar-refractivity contribution in [2.45, 2.75) is 6.18 Å². The molecule has 5 nitrogen and oxygen atoms in total. The molecule has 0 aliphatic heterocycles. The smallest absolute Gasteiger partial charge is 0.363 e. The van der Waals surface area contributed by atoms with Gasteiger partial charge in [-0.1, -0.05) is 18.2 Å². The molecule has 0 aliphatic carbocycles. The monoisotopic (exact) mass is 350 g/mol. The van der Waals surface area contributed by atoms with Gasteiger partial charge < -0.3 is 5.73 Å². The van der Waals surface area contributed by atoms with Crippen LogP contribution in [0.2, 0.25) is 0 Å². The number of nitrogens with two attached hydrogens (primary N) is 1. The van der Waals surface area contributed by atoms with Gasteiger partial charge in [-0.3, -0.25) is 9.89 Å². The Balaban J connectivity index is 2.11. The summed E-state index contributed by atoms with van der Waals surface area (Å²) in [6, 6.07) is 8.07. The Morgan fingerprint density at radius 1 is 1.08 bits per heavy atom. The van der Waals surface area contributed by atoms with E-state index in [1.54, 1.807) is 6.07 Å². The highest BCUT2D eigenvalue weighted by Crippen LogP contribution is 2.38. The molecule has 0 bridgehead atoms. The van der Waals surface area contributed by atoms with Gasteiger partial charge in [0.05, 0.1) is 5.56 Å². The van der Waals surface area contributed by atoms with Crippen LogP contribution in [0, 0.1) is 5.82 Å². The number of carbonyl (C=O) groups excluding carboxylic acids is 1. The van der Waals surface area contributed by atoms with Crippen molar-refractivity contribution in [3.8, 4) is 22.5 Å². The van der Waals surface area contributed by atoms with Gasteiger partial charge in [0.1, 0.15) is 5.82 Å². The highest BCUT2D eigenvalue weighted by Gasteiger charge is 2.33. The number of halogens is 4. The SMILES string of the molecule is NC(=O)c1nc(-c2cccc(-c3cc(F)ccc3C(F)(F)F)c2)n[nH]1. The second-order valence-electron chi connectivity index (χ2n) is 5.14. The molecule has 0 spiro atoms. The Bertz CT molecular complexity index is 949. The van der Waals surface area contributed by atoms with Crippen LogP contribution in [0.4, 0.5) is 17.6 Å². The van der Waals surface area contributed by atoms with E-state index in [2.05, 4.69) is 15.2 Å². The number of rotatable bonds is 3. The Labute approximate surface area is 138 Å². The van der Waals surface area contributed by atoms with Crippen molar-refractivity contribution >= 4 is 5.91 Å². The van der Waals surface area contributed by atoms with Crippen LogP contribution in [0.25, 0.3) is 22.5 Å². The van der Waals surface area contributed by atoms with E-state index in [1.807, 2.05) is 0 Å². The fraction of sp³-hybridized carbons (Fsp3) is 0.0625. The van der Waals surface area contributed by atoms with Gasteiger partial charge in [-0.05, 0) is 35.4 Å². The molecule has 0 atom stereocenters. The Kier molecular flexibility index (Phi) is 3.99. The first-order chi connectivity index (χ1) is 11.8. The van der Waals surface area contributed by atoms with E-state index in [0.29, 0.717) is 11.6 Å². The molecule has 0 saturated heterocycles. The van der Waals surface area contributed by atoms with Crippen molar-refractivity contribution in [2.24, 2.45) is 5.73 Å². The Hall–Kier alpha value is -3.23. The molecular formula is C16H10F4N4O. The van der Waals surface area contributed by atoms with Gasteiger partial charge in [0.2, 0.25) is 5.82 Å². The molecule has 0 radical (unpaired) electrons. The van der Waals surface area contributed by atoms with Crippen LogP contribution in [-0.4, -0.2) is 21.1 Å². The van der Waals surface area contributed by atoms with Gasteiger partial charge in [0.25, 0.3) is 5.91 Å². The third kappa shape index (κ3) is 3.35. The zero-order chi connectivity index (χ0) is 18.2. The van der Waals surface area contributed by atoms with E-state index >= 15 is 0 Å². The van der Waals surface area contributed by atoms with Crippen LogP contribution in [0.3, 0.4) is 0 Å². The van der Waals surface area contributed by atoms with Gasteiger partial charge in [0.15, 0.2) is 5.82 Å². The summed E-state index contributed by atoms with van der Waals surface area (Å²) in [7, 11) is 0. The van der Waals surface area contributed by atoms with Crippen LogP contribution in [0.15, 0.2) is 42.5 Å². The highest BCUT2D eigenvalue weighted by atomic mass is 19.4. The number of nitrogens with one attached hydrogen (secondary N) is 1. The lowest BCUT2D eigenvalue weighted by molar-refractivity contribution is -0.137. The summed E-state index contributed by atoms with van der Waals surface area (Å²) in [6.07, 6.45) is -4.64. The van der Waals surface area contributed by atoms with Crippen molar-refractivity contribution in [2.75, 3.05) is 0 Å². The Morgan fingerprint density at radius 2 is 1.80 bits per heavy atom. The normalized spacial score (nSPS) is 11.5. The minimum absolute atomic E-state index is 0.0839. The number of hydrogen-bond donors (Lipinski definition) is 2. The van der Waals surface area contributed by atoms with Gasteiger partial charge in [-0.2, -0.15) is 18.3 Å². The zero-order valence-corrected chi connectivity index (χ0v) is 12.4. The molecule has 2 aromatic carbocycles. The summed E-state index contributed by atoms with van der Waals surface area (Å²) in [5, 5.41) is 6.13. The summed E-state index contributed by atoms with van der Waals surface area (Å²) in [5.41, 5.74) is 4.29. The molecule has 3 aromatic rings. The van der Waals surface area contributed by atoms with Crippen LogP contribution in [0.1, 0.15) is 16.2 Å². The minimum atomic E-state index is -4.64. The number of benzene rings is 2. The average molecular weight is 350 g/mol. The number of amides is 1. The number of hydrogen-bond acceptors (Lipinski definition) is 3. The van der Waals surface area contributed by atoms with Gasteiger partial charge in [0, 0.05) is 5.56 Å². The molecular weight excluding hydrogens is 340 g/mol. The molecule has 3 N–H and O–H groups in total. The average Bonchev–Trinajstić information content (AvgIpc) is 3.04. The molecule has 1 amide bonds. The standard InChI is InChI=1S/C16H10F4N4O/c17-10-4-5-12(16(18,19)20)11(7-10)8-2-1-3-9(6-8)14-22-15(13(21)25)24-23-14/h1-7H,(H2,21,25)(H,22,23,24). The lowest BCUT2D eigenvalue weighted by atomic mass is 9.97. The van der Waals surface area contributed by atoms with Crippen molar-refractivity contribution in [1.29, 1.82) is 0 Å². The van der Waals surface area contributed by atoms with Crippen molar-refractivity contribution < 1.29 is 22.4 Å². The van der Waals surface area contributed by atoms with Crippen LogP contribution in [0.5, 0.6) is 0 Å². The molecule has 3 rings (SSSR count). The summed E-state index contributed by atoms with van der Waals surface area (Å²) >= 11 is 0. The molecule has 128 valence electrons. The van der Waals surface area contributed by atoms with E-state index in [1.165, 1.54) is 18.2 Å². The van der Waals surface area contributed by atoms with Crippen LogP contribution in [-0.2, 0) is 6.18 Å². The Morgan fingerprint density at radius 3 is 2.44 bits per heavy atom. The maximum absolute atomic E-state index is 13.5. The minimum Gasteiger partial charge on any atom is -0.363 e. The van der Waals surface area contributed by atoms with E-state index in [9.17, 15) is 22.4 Å². The molecule has 1 heterocycles. The molecule has 1 aromatic heterocycles. The van der Waals surface area contributed by atoms with Gasteiger partial charge in [-0.15, -0.1) is 0 Å². The van der Waals surface area contributed by atoms with Gasteiger partial charge >= 0.3 is 6.18 Å². The van der Waals surface area contributed by atoms with E-state index in [-0.39, 0.29) is 22.8 Å². The predicted molar refractivity (Wildman–Crippen MR) is 80.7 cm³/mol. The number of aromatic amines is 1. The lowest BCUT2D eigenvalue weighted by Gasteiger charge is -2.13. The first kappa shape index (κ1) is 16.6. The van der Waals surface area contributed by atoms with Crippen molar-refractivity contribution in [3.05, 3.63) is 59.7 Å². The maximum atomic E-state index is 13.5. The molecule has 0 unspecified atom stereocenters. The third-order valence-electron chi connectivity index (χ3n) is 3.44. The van der Waals surface area contributed by atoms with Crippen LogP contribution < -0.4 is 5.73 Å². The van der Waals surface area contributed by atoms with Crippen LogP contribution >= 0.6 is 0 Å². The molecule has 0 fully saturated rings.